The molecule has 0 spiro atoms. The zero-order chi connectivity index (χ0) is 17.7. The number of hydrogen-bond acceptors (Lipinski definition) is 7. The highest BCUT2D eigenvalue weighted by Crippen LogP contribution is 2.34. The average Bonchev–Trinajstić information content (AvgIpc) is 2.80. The van der Waals surface area contributed by atoms with Crippen LogP contribution in [0.25, 0.3) is 6.08 Å². The van der Waals surface area contributed by atoms with Crippen LogP contribution in [0.15, 0.2) is 23.1 Å². The van der Waals surface area contributed by atoms with Gasteiger partial charge in [-0.05, 0) is 23.8 Å². The molecule has 1 amide bonds. The van der Waals surface area contributed by atoms with Crippen molar-refractivity contribution in [2.45, 2.75) is 0 Å². The van der Waals surface area contributed by atoms with Gasteiger partial charge in [0.05, 0.1) is 24.5 Å². The van der Waals surface area contributed by atoms with E-state index in [1.165, 1.54) is 7.11 Å². The molecule has 1 aliphatic heterocycles. The van der Waals surface area contributed by atoms with Crippen LogP contribution in [0.3, 0.4) is 0 Å². The molecule has 124 valence electrons. The Morgan fingerprint density at radius 1 is 1.50 bits per heavy atom. The largest absolute Gasteiger partial charge is 0.548 e. The summed E-state index contributed by atoms with van der Waals surface area (Å²) in [5, 5.41) is 10.7. The first kappa shape index (κ1) is 17.8. The van der Waals surface area contributed by atoms with E-state index in [4.69, 9.17) is 28.1 Å². The third-order valence-corrected chi connectivity index (χ3v) is 4.34. The molecule has 1 aromatic carbocycles. The van der Waals surface area contributed by atoms with Crippen molar-refractivity contribution in [2.75, 3.05) is 20.3 Å². The summed E-state index contributed by atoms with van der Waals surface area (Å²) in [6.07, 6.45) is 6.75. The van der Waals surface area contributed by atoms with Gasteiger partial charge in [0.1, 0.15) is 10.9 Å². The van der Waals surface area contributed by atoms with Crippen LogP contribution in [0.1, 0.15) is 5.56 Å². The number of rotatable bonds is 6. The molecule has 6 nitrogen and oxygen atoms in total. The Bertz CT molecular complexity index is 766. The SMILES string of the molecule is C#CCOc1ccc(/C=C2/SC(=S)N(CC(=O)[O-])C2=O)cc1OC. The molecule has 0 N–H and O–H groups in total. The Labute approximate surface area is 148 Å². The van der Waals surface area contributed by atoms with Crippen LogP contribution in [0.5, 0.6) is 11.5 Å². The van der Waals surface area contributed by atoms with Crippen molar-refractivity contribution in [3.8, 4) is 23.8 Å². The molecule has 0 radical (unpaired) electrons. The highest BCUT2D eigenvalue weighted by molar-refractivity contribution is 8.26. The van der Waals surface area contributed by atoms with Gasteiger partial charge in [0.25, 0.3) is 5.91 Å². The maximum atomic E-state index is 12.2. The molecule has 1 heterocycles. The molecule has 1 fully saturated rings. The van der Waals surface area contributed by atoms with Crippen LogP contribution in [0.2, 0.25) is 0 Å². The summed E-state index contributed by atoms with van der Waals surface area (Å²) >= 11 is 6.05. The Morgan fingerprint density at radius 2 is 2.25 bits per heavy atom. The smallest absolute Gasteiger partial charge is 0.266 e. The predicted molar refractivity (Wildman–Crippen MR) is 92.2 cm³/mol. The van der Waals surface area contributed by atoms with Crippen LogP contribution in [-0.4, -0.2) is 41.4 Å². The lowest BCUT2D eigenvalue weighted by atomic mass is 10.2. The van der Waals surface area contributed by atoms with E-state index in [-0.39, 0.29) is 10.9 Å². The molecule has 1 saturated heterocycles. The fourth-order valence-electron chi connectivity index (χ4n) is 1.93. The van der Waals surface area contributed by atoms with E-state index in [1.807, 2.05) is 0 Å². The molecule has 2 rings (SSSR count). The second-order valence-electron chi connectivity index (χ2n) is 4.54. The second kappa shape index (κ2) is 7.86. The molecule has 0 unspecified atom stereocenters. The average molecular weight is 362 g/mol. The van der Waals surface area contributed by atoms with E-state index in [9.17, 15) is 14.7 Å². The van der Waals surface area contributed by atoms with Gasteiger partial charge >= 0.3 is 0 Å². The van der Waals surface area contributed by atoms with Gasteiger partial charge in [-0.15, -0.1) is 6.42 Å². The highest BCUT2D eigenvalue weighted by atomic mass is 32.2. The van der Waals surface area contributed by atoms with E-state index in [0.29, 0.717) is 22.0 Å². The lowest BCUT2D eigenvalue weighted by Gasteiger charge is -2.14. The number of carbonyl (C=O) groups is 2. The summed E-state index contributed by atoms with van der Waals surface area (Å²) in [4.78, 5) is 24.2. The van der Waals surface area contributed by atoms with Crippen molar-refractivity contribution in [1.82, 2.24) is 4.90 Å². The van der Waals surface area contributed by atoms with E-state index in [1.54, 1.807) is 24.3 Å². The summed E-state index contributed by atoms with van der Waals surface area (Å²) in [5.41, 5.74) is 0.675. The lowest BCUT2D eigenvalue weighted by molar-refractivity contribution is -0.305. The molecule has 0 aromatic heterocycles. The first-order valence-corrected chi connectivity index (χ1v) is 7.88. The minimum atomic E-state index is -1.37. The van der Waals surface area contributed by atoms with Crippen molar-refractivity contribution in [2.24, 2.45) is 0 Å². The van der Waals surface area contributed by atoms with Gasteiger partial charge in [-0.25, -0.2) is 0 Å². The topological polar surface area (TPSA) is 78.9 Å². The van der Waals surface area contributed by atoms with E-state index >= 15 is 0 Å². The number of aliphatic carboxylic acids is 1. The lowest BCUT2D eigenvalue weighted by Crippen LogP contribution is -2.40. The third kappa shape index (κ3) is 4.07. The van der Waals surface area contributed by atoms with Crippen molar-refractivity contribution >= 4 is 46.3 Å². The van der Waals surface area contributed by atoms with Gasteiger partial charge in [0, 0.05) is 0 Å². The number of thiocarbonyl (C=S) groups is 1. The van der Waals surface area contributed by atoms with E-state index in [0.717, 1.165) is 16.7 Å². The number of carboxylic acid groups (broad SMARTS) is 1. The number of terminal acetylenes is 1. The normalized spacial score (nSPS) is 15.5. The maximum Gasteiger partial charge on any atom is 0.266 e. The summed E-state index contributed by atoms with van der Waals surface area (Å²) in [6.45, 7) is -0.457. The van der Waals surface area contributed by atoms with Crippen LogP contribution < -0.4 is 14.6 Å². The summed E-state index contributed by atoms with van der Waals surface area (Å²) in [6, 6.07) is 5.07. The number of carboxylic acids is 1. The van der Waals surface area contributed by atoms with Crippen molar-refractivity contribution in [3.05, 3.63) is 28.7 Å². The van der Waals surface area contributed by atoms with Gasteiger partial charge in [-0.3, -0.25) is 9.69 Å². The van der Waals surface area contributed by atoms with E-state index in [2.05, 4.69) is 5.92 Å². The van der Waals surface area contributed by atoms with Crippen LogP contribution >= 0.6 is 24.0 Å². The zero-order valence-electron chi connectivity index (χ0n) is 12.6. The molecular formula is C16H12NO5S2-. The molecule has 0 atom stereocenters. The van der Waals surface area contributed by atoms with Crippen LogP contribution in [-0.2, 0) is 9.59 Å². The number of hydrogen-bond donors (Lipinski definition) is 0. The van der Waals surface area contributed by atoms with Gasteiger partial charge in [0.2, 0.25) is 0 Å². The Hall–Kier alpha value is -2.50. The highest BCUT2D eigenvalue weighted by Gasteiger charge is 2.31. The zero-order valence-corrected chi connectivity index (χ0v) is 14.2. The predicted octanol–water partition coefficient (Wildman–Crippen LogP) is 0.658. The Kier molecular flexibility index (Phi) is 5.84. The number of amides is 1. The summed E-state index contributed by atoms with van der Waals surface area (Å²) in [5.74, 6) is 1.46. The standard InChI is InChI=1S/C16H13NO5S2/c1-3-6-22-11-5-4-10(7-12(11)21-2)8-13-15(20)17(9-14(18)19)16(23)24-13/h1,4-5,7-8H,6,9H2,2H3,(H,18,19)/p-1/b13-8+. The number of thioether (sulfide) groups is 1. The molecule has 8 heteroatoms. The number of nitrogens with zero attached hydrogens (tertiary/aromatic N) is 1. The molecular weight excluding hydrogens is 350 g/mol. The molecule has 1 aromatic rings. The molecule has 24 heavy (non-hydrogen) atoms. The first-order valence-electron chi connectivity index (χ1n) is 6.65. The van der Waals surface area contributed by atoms with Gasteiger partial charge in [0.15, 0.2) is 11.5 Å². The fraction of sp³-hybridized carbons (Fsp3) is 0.188. The van der Waals surface area contributed by atoms with Crippen LogP contribution in [0, 0.1) is 12.3 Å². The van der Waals surface area contributed by atoms with Gasteiger partial charge < -0.3 is 19.4 Å². The number of methoxy groups -OCH3 is 1. The molecule has 0 aliphatic carbocycles. The first-order chi connectivity index (χ1) is 11.5. The molecule has 0 saturated carbocycles. The Balaban J connectivity index is 2.25. The molecule has 0 bridgehead atoms. The summed E-state index contributed by atoms with van der Waals surface area (Å²) < 4.78 is 10.8. The quantitative estimate of drug-likeness (QED) is 0.418. The third-order valence-electron chi connectivity index (χ3n) is 2.96. The minimum Gasteiger partial charge on any atom is -0.548 e. The van der Waals surface area contributed by atoms with Crippen molar-refractivity contribution < 1.29 is 24.2 Å². The maximum absolute atomic E-state index is 12.2. The fourth-order valence-corrected chi connectivity index (χ4v) is 3.18. The number of ether oxygens (including phenoxy) is 2. The summed E-state index contributed by atoms with van der Waals surface area (Å²) in [7, 11) is 1.49. The van der Waals surface area contributed by atoms with Crippen molar-refractivity contribution in [3.63, 3.8) is 0 Å². The van der Waals surface area contributed by atoms with Gasteiger partial charge in [-0.1, -0.05) is 36.0 Å². The minimum absolute atomic E-state index is 0.109. The Morgan fingerprint density at radius 3 is 2.88 bits per heavy atom. The number of benzene rings is 1. The second-order valence-corrected chi connectivity index (χ2v) is 6.22. The monoisotopic (exact) mass is 362 g/mol. The van der Waals surface area contributed by atoms with Crippen molar-refractivity contribution in [1.29, 1.82) is 0 Å². The number of carbonyl (C=O) groups excluding carboxylic acids is 2. The molecule has 1 aliphatic rings. The van der Waals surface area contributed by atoms with Gasteiger partial charge in [-0.2, -0.15) is 0 Å². The van der Waals surface area contributed by atoms with E-state index < -0.39 is 18.4 Å². The van der Waals surface area contributed by atoms with Crippen LogP contribution in [0.4, 0.5) is 0 Å².